The molecule has 1 fully saturated rings. The van der Waals surface area contributed by atoms with Gasteiger partial charge in [0.2, 0.25) is 0 Å². The highest BCUT2D eigenvalue weighted by Gasteiger charge is 2.19. The Morgan fingerprint density at radius 3 is 2.17 bits per heavy atom. The van der Waals surface area contributed by atoms with Crippen LogP contribution in [0.4, 0.5) is 11.6 Å². The molecule has 0 spiro atoms. The van der Waals surface area contributed by atoms with Gasteiger partial charge in [-0.05, 0) is 24.3 Å². The SMILES string of the molecule is N#Cc1ccc(N2CCN(c3cnc4ccccc4n3)CC2)nc1. The molecule has 1 aromatic carbocycles. The maximum absolute atomic E-state index is 8.85. The van der Waals surface area contributed by atoms with Gasteiger partial charge in [-0.25, -0.2) is 9.97 Å². The van der Waals surface area contributed by atoms with E-state index in [1.807, 2.05) is 42.6 Å². The van der Waals surface area contributed by atoms with Crippen LogP contribution in [0.5, 0.6) is 0 Å². The summed E-state index contributed by atoms with van der Waals surface area (Å²) in [5.74, 6) is 1.83. The lowest BCUT2D eigenvalue weighted by atomic mass is 10.2. The van der Waals surface area contributed by atoms with Crippen molar-refractivity contribution in [3.8, 4) is 6.07 Å². The summed E-state index contributed by atoms with van der Waals surface area (Å²) in [6.45, 7) is 3.48. The molecular weight excluding hydrogens is 300 g/mol. The molecule has 2 aromatic heterocycles. The fraction of sp³-hybridized carbons (Fsp3) is 0.222. The van der Waals surface area contributed by atoms with Gasteiger partial charge in [0.15, 0.2) is 0 Å². The molecule has 24 heavy (non-hydrogen) atoms. The number of para-hydroxylation sites is 2. The first-order chi connectivity index (χ1) is 11.8. The number of aromatic nitrogens is 3. The van der Waals surface area contributed by atoms with E-state index >= 15 is 0 Å². The van der Waals surface area contributed by atoms with Crippen molar-refractivity contribution in [1.82, 2.24) is 15.0 Å². The summed E-state index contributed by atoms with van der Waals surface area (Å²) in [6.07, 6.45) is 3.47. The van der Waals surface area contributed by atoms with Crippen molar-refractivity contribution in [2.24, 2.45) is 0 Å². The van der Waals surface area contributed by atoms with E-state index in [1.165, 1.54) is 0 Å². The summed E-state index contributed by atoms with van der Waals surface area (Å²) in [5.41, 5.74) is 2.43. The van der Waals surface area contributed by atoms with E-state index in [0.29, 0.717) is 5.56 Å². The number of piperazine rings is 1. The fourth-order valence-corrected chi connectivity index (χ4v) is 2.90. The first-order valence-electron chi connectivity index (χ1n) is 7.91. The molecule has 1 aliphatic heterocycles. The number of anilines is 2. The molecule has 1 saturated heterocycles. The summed E-state index contributed by atoms with van der Waals surface area (Å²) in [5, 5.41) is 8.85. The standard InChI is InChI=1S/C18H16N6/c19-11-14-5-6-17(21-12-14)23-7-9-24(10-8-23)18-13-20-15-3-1-2-4-16(15)22-18/h1-6,12-13H,7-10H2. The highest BCUT2D eigenvalue weighted by Crippen LogP contribution is 2.19. The van der Waals surface area contributed by atoms with Crippen LogP contribution in [0.25, 0.3) is 11.0 Å². The molecule has 0 saturated carbocycles. The van der Waals surface area contributed by atoms with Gasteiger partial charge in [0, 0.05) is 32.4 Å². The number of nitrogens with zero attached hydrogens (tertiary/aromatic N) is 6. The van der Waals surface area contributed by atoms with Gasteiger partial charge in [0.1, 0.15) is 17.7 Å². The van der Waals surface area contributed by atoms with Crippen LogP contribution in [0.15, 0.2) is 48.8 Å². The minimum atomic E-state index is 0.587. The second-order valence-corrected chi connectivity index (χ2v) is 5.71. The van der Waals surface area contributed by atoms with Crippen LogP contribution >= 0.6 is 0 Å². The number of hydrogen-bond acceptors (Lipinski definition) is 6. The Morgan fingerprint density at radius 1 is 0.792 bits per heavy atom. The van der Waals surface area contributed by atoms with Gasteiger partial charge in [0.25, 0.3) is 0 Å². The Balaban J connectivity index is 1.47. The third-order valence-corrected chi connectivity index (χ3v) is 4.24. The lowest BCUT2D eigenvalue weighted by molar-refractivity contribution is 0.641. The number of pyridine rings is 1. The molecule has 0 radical (unpaired) electrons. The van der Waals surface area contributed by atoms with Gasteiger partial charge in [-0.1, -0.05) is 12.1 Å². The lowest BCUT2D eigenvalue weighted by Crippen LogP contribution is -2.47. The van der Waals surface area contributed by atoms with E-state index in [-0.39, 0.29) is 0 Å². The number of fused-ring (bicyclic) bond motifs is 1. The average Bonchev–Trinajstić information content (AvgIpc) is 2.68. The Kier molecular flexibility index (Phi) is 3.67. The number of benzene rings is 1. The number of rotatable bonds is 2. The monoisotopic (exact) mass is 316 g/mol. The van der Waals surface area contributed by atoms with E-state index in [0.717, 1.165) is 48.8 Å². The summed E-state index contributed by atoms with van der Waals surface area (Å²) in [4.78, 5) is 18.1. The smallest absolute Gasteiger partial charge is 0.147 e. The molecule has 4 rings (SSSR count). The highest BCUT2D eigenvalue weighted by atomic mass is 15.3. The molecule has 3 heterocycles. The van der Waals surface area contributed by atoms with Gasteiger partial charge >= 0.3 is 0 Å². The molecule has 6 heteroatoms. The molecule has 0 unspecified atom stereocenters. The first-order valence-corrected chi connectivity index (χ1v) is 7.91. The molecular formula is C18H16N6. The van der Waals surface area contributed by atoms with Crippen molar-refractivity contribution < 1.29 is 0 Å². The predicted octanol–water partition coefficient (Wildman–Crippen LogP) is 2.22. The zero-order valence-electron chi connectivity index (χ0n) is 13.1. The molecule has 0 N–H and O–H groups in total. The number of nitriles is 1. The van der Waals surface area contributed by atoms with Crippen LogP contribution in [-0.2, 0) is 0 Å². The van der Waals surface area contributed by atoms with Crippen molar-refractivity contribution in [3.05, 3.63) is 54.4 Å². The molecule has 3 aromatic rings. The van der Waals surface area contributed by atoms with Gasteiger partial charge in [-0.3, -0.25) is 4.98 Å². The normalized spacial score (nSPS) is 14.6. The number of hydrogen-bond donors (Lipinski definition) is 0. The first kappa shape index (κ1) is 14.4. The van der Waals surface area contributed by atoms with E-state index in [4.69, 9.17) is 10.2 Å². The summed E-state index contributed by atoms with van der Waals surface area (Å²) in [7, 11) is 0. The van der Waals surface area contributed by atoms with Gasteiger partial charge < -0.3 is 9.80 Å². The van der Waals surface area contributed by atoms with Crippen LogP contribution < -0.4 is 9.80 Å². The lowest BCUT2D eigenvalue weighted by Gasteiger charge is -2.35. The van der Waals surface area contributed by atoms with Gasteiger partial charge in [-0.2, -0.15) is 5.26 Å². The predicted molar refractivity (Wildman–Crippen MR) is 92.9 cm³/mol. The van der Waals surface area contributed by atoms with E-state index in [1.54, 1.807) is 6.20 Å². The van der Waals surface area contributed by atoms with Crippen LogP contribution in [-0.4, -0.2) is 41.1 Å². The molecule has 0 aliphatic carbocycles. The third kappa shape index (κ3) is 2.72. The second kappa shape index (κ2) is 6.13. The van der Waals surface area contributed by atoms with E-state index in [9.17, 15) is 0 Å². The van der Waals surface area contributed by atoms with Gasteiger partial charge in [0.05, 0.1) is 22.8 Å². The van der Waals surface area contributed by atoms with Crippen LogP contribution in [0.1, 0.15) is 5.56 Å². The van der Waals surface area contributed by atoms with Crippen LogP contribution in [0.2, 0.25) is 0 Å². The zero-order chi connectivity index (χ0) is 16.4. The Hall–Kier alpha value is -3.20. The maximum atomic E-state index is 8.85. The highest BCUT2D eigenvalue weighted by molar-refractivity contribution is 5.75. The minimum absolute atomic E-state index is 0.587. The van der Waals surface area contributed by atoms with Crippen molar-refractivity contribution in [1.29, 1.82) is 5.26 Å². The molecule has 118 valence electrons. The molecule has 6 nitrogen and oxygen atoms in total. The van der Waals surface area contributed by atoms with Crippen molar-refractivity contribution in [2.75, 3.05) is 36.0 Å². The van der Waals surface area contributed by atoms with Crippen LogP contribution in [0, 0.1) is 11.3 Å². The van der Waals surface area contributed by atoms with Crippen LogP contribution in [0.3, 0.4) is 0 Å². The van der Waals surface area contributed by atoms with Crippen molar-refractivity contribution in [2.45, 2.75) is 0 Å². The van der Waals surface area contributed by atoms with Crippen molar-refractivity contribution in [3.63, 3.8) is 0 Å². The van der Waals surface area contributed by atoms with Gasteiger partial charge in [-0.15, -0.1) is 0 Å². The zero-order valence-corrected chi connectivity index (χ0v) is 13.1. The van der Waals surface area contributed by atoms with E-state index < -0.39 is 0 Å². The second-order valence-electron chi connectivity index (χ2n) is 5.71. The third-order valence-electron chi connectivity index (χ3n) is 4.24. The maximum Gasteiger partial charge on any atom is 0.147 e. The van der Waals surface area contributed by atoms with Crippen molar-refractivity contribution >= 4 is 22.7 Å². The summed E-state index contributed by atoms with van der Waals surface area (Å²) in [6, 6.07) is 13.7. The quantitative estimate of drug-likeness (QED) is 0.722. The Bertz CT molecular complexity index is 891. The van der Waals surface area contributed by atoms with E-state index in [2.05, 4.69) is 25.8 Å². The molecule has 1 aliphatic rings. The molecule has 0 bridgehead atoms. The minimum Gasteiger partial charge on any atom is -0.353 e. The summed E-state index contributed by atoms with van der Waals surface area (Å²) < 4.78 is 0. The average molecular weight is 316 g/mol. The largest absolute Gasteiger partial charge is 0.353 e. The fourth-order valence-electron chi connectivity index (χ4n) is 2.90. The molecule has 0 amide bonds. The summed E-state index contributed by atoms with van der Waals surface area (Å²) >= 11 is 0. The Morgan fingerprint density at radius 2 is 1.50 bits per heavy atom. The topological polar surface area (TPSA) is 68.9 Å². The Labute approximate surface area is 140 Å². The molecule has 0 atom stereocenters.